The van der Waals surface area contributed by atoms with Crippen LogP contribution in [0.2, 0.25) is 0 Å². The normalized spacial score (nSPS) is 10.5. The van der Waals surface area contributed by atoms with Gasteiger partial charge in [0, 0.05) is 21.6 Å². The van der Waals surface area contributed by atoms with Crippen LogP contribution in [0.1, 0.15) is 17.0 Å². The summed E-state index contributed by atoms with van der Waals surface area (Å²) in [6.45, 7) is 3.97. The molecule has 0 radical (unpaired) electrons. The van der Waals surface area contributed by atoms with Crippen molar-refractivity contribution in [1.29, 1.82) is 0 Å². The Morgan fingerprint density at radius 2 is 1.84 bits per heavy atom. The third-order valence-corrected chi connectivity index (χ3v) is 4.24. The minimum atomic E-state index is 0.806. The van der Waals surface area contributed by atoms with Gasteiger partial charge in [-0.2, -0.15) is 0 Å². The Balaban J connectivity index is 2.13. The fraction of sp³-hybridized carbons (Fsp3) is 0.286. The molecule has 0 spiro atoms. The molecule has 0 aliphatic rings. The molecule has 0 saturated heterocycles. The van der Waals surface area contributed by atoms with Gasteiger partial charge in [-0.3, -0.25) is 0 Å². The summed E-state index contributed by atoms with van der Waals surface area (Å²) in [7, 11) is 1.67. The predicted molar refractivity (Wildman–Crippen MR) is 81.8 cm³/mol. The number of benzene rings is 1. The van der Waals surface area contributed by atoms with Gasteiger partial charge in [0.15, 0.2) is 5.16 Å². The van der Waals surface area contributed by atoms with Gasteiger partial charge in [-0.05, 0) is 43.7 Å². The molecule has 0 atom stereocenters. The molecule has 19 heavy (non-hydrogen) atoms. The second-order valence-corrected chi connectivity index (χ2v) is 5.98. The number of rotatable bonds is 4. The highest BCUT2D eigenvalue weighted by atomic mass is 79.9. The van der Waals surface area contributed by atoms with Crippen LogP contribution in [-0.4, -0.2) is 17.1 Å². The van der Waals surface area contributed by atoms with E-state index in [0.29, 0.717) is 0 Å². The summed E-state index contributed by atoms with van der Waals surface area (Å²) in [4.78, 5) is 8.85. The lowest BCUT2D eigenvalue weighted by Crippen LogP contribution is -1.94. The third kappa shape index (κ3) is 3.94. The summed E-state index contributed by atoms with van der Waals surface area (Å²) in [5.74, 6) is 1.67. The number of hydrogen-bond acceptors (Lipinski definition) is 4. The molecule has 0 amide bonds. The quantitative estimate of drug-likeness (QED) is 0.619. The molecule has 5 heteroatoms. The van der Waals surface area contributed by atoms with Gasteiger partial charge in [0.2, 0.25) is 0 Å². The fourth-order valence-corrected chi connectivity index (χ4v) is 3.20. The van der Waals surface area contributed by atoms with Gasteiger partial charge in [0.1, 0.15) is 5.75 Å². The molecule has 1 aromatic heterocycles. The van der Waals surface area contributed by atoms with Crippen LogP contribution < -0.4 is 4.74 Å². The van der Waals surface area contributed by atoms with E-state index < -0.39 is 0 Å². The Labute approximate surface area is 125 Å². The first-order valence-electron chi connectivity index (χ1n) is 5.86. The smallest absolute Gasteiger partial charge is 0.188 e. The number of hydrogen-bond donors (Lipinski definition) is 0. The van der Waals surface area contributed by atoms with Gasteiger partial charge < -0.3 is 4.74 Å². The molecule has 0 aliphatic heterocycles. The molecular weight excluding hydrogens is 324 g/mol. The number of aryl methyl sites for hydroxylation is 2. The Morgan fingerprint density at radius 1 is 1.16 bits per heavy atom. The van der Waals surface area contributed by atoms with E-state index in [1.807, 2.05) is 38.1 Å². The molecule has 1 heterocycles. The van der Waals surface area contributed by atoms with E-state index in [-0.39, 0.29) is 0 Å². The first kappa shape index (κ1) is 14.3. The third-order valence-electron chi connectivity index (χ3n) is 2.57. The van der Waals surface area contributed by atoms with E-state index in [1.54, 1.807) is 18.9 Å². The average molecular weight is 339 g/mol. The molecule has 0 N–H and O–H groups in total. The van der Waals surface area contributed by atoms with Crippen molar-refractivity contribution in [2.75, 3.05) is 7.11 Å². The monoisotopic (exact) mass is 338 g/mol. The lowest BCUT2D eigenvalue weighted by Gasteiger charge is -2.07. The second kappa shape index (κ2) is 6.39. The van der Waals surface area contributed by atoms with Crippen LogP contribution in [0.25, 0.3) is 0 Å². The van der Waals surface area contributed by atoms with Crippen molar-refractivity contribution >= 4 is 27.7 Å². The molecule has 0 fully saturated rings. The molecule has 0 aliphatic carbocycles. The Kier molecular flexibility index (Phi) is 4.82. The highest BCUT2D eigenvalue weighted by Crippen LogP contribution is 2.28. The number of methoxy groups -OCH3 is 1. The first-order chi connectivity index (χ1) is 9.08. The lowest BCUT2D eigenvalue weighted by atomic mass is 10.2. The van der Waals surface area contributed by atoms with Crippen LogP contribution in [0.4, 0.5) is 0 Å². The Bertz CT molecular complexity index is 569. The summed E-state index contributed by atoms with van der Waals surface area (Å²) in [5, 5.41) is 0.812. The van der Waals surface area contributed by atoms with Crippen LogP contribution in [0, 0.1) is 13.8 Å². The van der Waals surface area contributed by atoms with Crippen molar-refractivity contribution < 1.29 is 4.74 Å². The SMILES string of the molecule is COc1ccc(Br)c(CSc2nc(C)cc(C)n2)c1. The summed E-state index contributed by atoms with van der Waals surface area (Å²) in [6, 6.07) is 7.94. The standard InChI is InChI=1S/C14H15BrN2OS/c1-9-6-10(2)17-14(16-9)19-8-11-7-12(18-3)4-5-13(11)15/h4-7H,8H2,1-3H3. The van der Waals surface area contributed by atoms with Crippen LogP contribution >= 0.6 is 27.7 Å². The molecule has 2 rings (SSSR count). The van der Waals surface area contributed by atoms with E-state index in [2.05, 4.69) is 25.9 Å². The number of nitrogens with zero attached hydrogens (tertiary/aromatic N) is 2. The zero-order valence-electron chi connectivity index (χ0n) is 11.1. The van der Waals surface area contributed by atoms with Gasteiger partial charge in [-0.25, -0.2) is 9.97 Å². The van der Waals surface area contributed by atoms with Crippen molar-refractivity contribution in [3.8, 4) is 5.75 Å². The molecular formula is C14H15BrN2OS. The van der Waals surface area contributed by atoms with Crippen LogP contribution in [0.15, 0.2) is 33.9 Å². The zero-order chi connectivity index (χ0) is 13.8. The topological polar surface area (TPSA) is 35.0 Å². The second-order valence-electron chi connectivity index (χ2n) is 4.18. The fourth-order valence-electron chi connectivity index (χ4n) is 1.69. The number of halogens is 1. The highest BCUT2D eigenvalue weighted by molar-refractivity contribution is 9.10. The molecule has 0 saturated carbocycles. The summed E-state index contributed by atoms with van der Waals surface area (Å²) >= 11 is 5.18. The summed E-state index contributed by atoms with van der Waals surface area (Å²) < 4.78 is 6.31. The predicted octanol–water partition coefficient (Wildman–Crippen LogP) is 4.16. The lowest BCUT2D eigenvalue weighted by molar-refractivity contribution is 0.414. The van der Waals surface area contributed by atoms with Crippen molar-refractivity contribution in [3.63, 3.8) is 0 Å². The summed E-state index contributed by atoms with van der Waals surface area (Å²) in [5.41, 5.74) is 3.17. The Hall–Kier alpha value is -1.07. The average Bonchev–Trinajstić information content (AvgIpc) is 2.37. The van der Waals surface area contributed by atoms with E-state index in [1.165, 1.54) is 5.56 Å². The van der Waals surface area contributed by atoms with Crippen LogP contribution in [0.5, 0.6) is 5.75 Å². The van der Waals surface area contributed by atoms with E-state index in [0.717, 1.165) is 32.5 Å². The number of aromatic nitrogens is 2. The Morgan fingerprint density at radius 3 is 2.47 bits per heavy atom. The highest BCUT2D eigenvalue weighted by Gasteiger charge is 2.06. The molecule has 2 aromatic rings. The summed E-state index contributed by atoms with van der Waals surface area (Å²) in [6.07, 6.45) is 0. The van der Waals surface area contributed by atoms with Crippen LogP contribution in [0.3, 0.4) is 0 Å². The minimum Gasteiger partial charge on any atom is -0.497 e. The minimum absolute atomic E-state index is 0.806. The molecule has 1 aromatic carbocycles. The van der Waals surface area contributed by atoms with Crippen molar-refractivity contribution in [3.05, 3.63) is 45.7 Å². The molecule has 3 nitrogen and oxygen atoms in total. The maximum atomic E-state index is 5.24. The largest absolute Gasteiger partial charge is 0.497 e. The van der Waals surface area contributed by atoms with Gasteiger partial charge in [0.25, 0.3) is 0 Å². The number of thioether (sulfide) groups is 1. The maximum absolute atomic E-state index is 5.24. The van der Waals surface area contributed by atoms with E-state index in [9.17, 15) is 0 Å². The van der Waals surface area contributed by atoms with Gasteiger partial charge >= 0.3 is 0 Å². The molecule has 0 bridgehead atoms. The van der Waals surface area contributed by atoms with Crippen molar-refractivity contribution in [1.82, 2.24) is 9.97 Å². The van der Waals surface area contributed by atoms with Crippen molar-refractivity contribution in [2.45, 2.75) is 24.8 Å². The molecule has 0 unspecified atom stereocenters. The van der Waals surface area contributed by atoms with Gasteiger partial charge in [-0.15, -0.1) is 0 Å². The zero-order valence-corrected chi connectivity index (χ0v) is 13.5. The molecule has 100 valence electrons. The first-order valence-corrected chi connectivity index (χ1v) is 7.64. The van der Waals surface area contributed by atoms with Crippen LogP contribution in [-0.2, 0) is 5.75 Å². The van der Waals surface area contributed by atoms with Gasteiger partial charge in [-0.1, -0.05) is 27.7 Å². The maximum Gasteiger partial charge on any atom is 0.188 e. The van der Waals surface area contributed by atoms with E-state index in [4.69, 9.17) is 4.74 Å². The van der Waals surface area contributed by atoms with Gasteiger partial charge in [0.05, 0.1) is 7.11 Å². The van der Waals surface area contributed by atoms with E-state index >= 15 is 0 Å². The number of ether oxygens (including phenoxy) is 1. The van der Waals surface area contributed by atoms with Crippen molar-refractivity contribution in [2.24, 2.45) is 0 Å².